The van der Waals surface area contributed by atoms with E-state index in [-0.39, 0.29) is 12.1 Å². The minimum absolute atomic E-state index is 0.00493. The van der Waals surface area contributed by atoms with Gasteiger partial charge in [-0.3, -0.25) is 0 Å². The quantitative estimate of drug-likeness (QED) is 0.581. The topological polar surface area (TPSA) is 58.6 Å². The summed E-state index contributed by atoms with van der Waals surface area (Å²) in [4.78, 5) is 0. The number of halogens is 1. The van der Waals surface area contributed by atoms with Crippen LogP contribution in [0, 0.1) is 0 Å². The zero-order valence-electron chi connectivity index (χ0n) is 8.23. The molecule has 2 atom stereocenters. The zero-order valence-corrected chi connectivity index (χ0v) is 11.2. The number of rotatable bonds is 4. The first-order chi connectivity index (χ1) is 6.47. The molecule has 1 heterocycles. The molecule has 0 bridgehead atoms. The predicted molar refractivity (Wildman–Crippen MR) is 62.8 cm³/mol. The molecule has 0 aromatic rings. The van der Waals surface area contributed by atoms with Gasteiger partial charge in [0.1, 0.15) is 0 Å². The van der Waals surface area contributed by atoms with Crippen LogP contribution >= 0.6 is 22.6 Å². The molecule has 5 nitrogen and oxygen atoms in total. The molecular formula is C7H15IN2O3S. The molecule has 7 heteroatoms. The summed E-state index contributed by atoms with van der Waals surface area (Å²) in [6.45, 7) is 0.633. The first-order valence-corrected chi connectivity index (χ1v) is 7.31. The number of hydrogen-bond acceptors (Lipinski definition) is 3. The van der Waals surface area contributed by atoms with Crippen LogP contribution < -0.4 is 4.72 Å². The molecule has 0 spiro atoms. The molecule has 1 fully saturated rings. The van der Waals surface area contributed by atoms with E-state index in [2.05, 4.69) is 27.3 Å². The van der Waals surface area contributed by atoms with Crippen molar-refractivity contribution < 1.29 is 13.2 Å². The Kier molecular flexibility index (Phi) is 4.56. The molecule has 1 aliphatic rings. The lowest BCUT2D eigenvalue weighted by molar-refractivity contribution is 0.122. The smallest absolute Gasteiger partial charge is 0.279 e. The minimum Gasteiger partial charge on any atom is -0.376 e. The van der Waals surface area contributed by atoms with Crippen molar-refractivity contribution in [2.45, 2.75) is 18.6 Å². The Morgan fingerprint density at radius 3 is 2.71 bits per heavy atom. The Bertz CT molecular complexity index is 281. The van der Waals surface area contributed by atoms with E-state index >= 15 is 0 Å². The van der Waals surface area contributed by atoms with Gasteiger partial charge in [0.05, 0.1) is 12.1 Å². The summed E-state index contributed by atoms with van der Waals surface area (Å²) in [5, 5.41) is 0. The van der Waals surface area contributed by atoms with Gasteiger partial charge < -0.3 is 4.74 Å². The largest absolute Gasteiger partial charge is 0.376 e. The zero-order chi connectivity index (χ0) is 10.8. The fourth-order valence-electron chi connectivity index (χ4n) is 1.23. The summed E-state index contributed by atoms with van der Waals surface area (Å²) in [6, 6.07) is -0.0840. The highest BCUT2D eigenvalue weighted by Gasteiger charge is 2.31. The molecular weight excluding hydrogens is 319 g/mol. The average Bonchev–Trinajstić information content (AvgIpc) is 2.50. The van der Waals surface area contributed by atoms with Crippen LogP contribution in [0.1, 0.15) is 6.42 Å². The lowest BCUT2D eigenvalue weighted by Gasteiger charge is -2.20. The molecule has 0 amide bonds. The Hall–Kier alpha value is 0.560. The van der Waals surface area contributed by atoms with E-state index in [1.54, 1.807) is 0 Å². The lowest BCUT2D eigenvalue weighted by atomic mass is 10.2. The van der Waals surface area contributed by atoms with Gasteiger partial charge in [0.25, 0.3) is 10.2 Å². The van der Waals surface area contributed by atoms with Gasteiger partial charge in [0.2, 0.25) is 0 Å². The number of ether oxygens (including phenoxy) is 1. The maximum Gasteiger partial charge on any atom is 0.279 e. The Morgan fingerprint density at radius 1 is 1.57 bits per heavy atom. The lowest BCUT2D eigenvalue weighted by Crippen LogP contribution is -2.46. The molecule has 1 N–H and O–H groups in total. The average molecular weight is 334 g/mol. The predicted octanol–water partition coefficient (Wildman–Crippen LogP) is -0.0251. The van der Waals surface area contributed by atoms with Gasteiger partial charge in [-0.1, -0.05) is 22.6 Å². The molecule has 0 aliphatic carbocycles. The highest BCUT2D eigenvalue weighted by molar-refractivity contribution is 14.1. The summed E-state index contributed by atoms with van der Waals surface area (Å²) < 4.78 is 33.0. The number of hydrogen-bond donors (Lipinski definition) is 1. The van der Waals surface area contributed by atoms with Crippen molar-refractivity contribution in [3.63, 3.8) is 0 Å². The van der Waals surface area contributed by atoms with Gasteiger partial charge in [-0.2, -0.15) is 17.4 Å². The standard InChI is InChI=1S/C7H15IN2O3S/c1-10(2)14(11,12)9-6-3-4-13-7(6)5-8/h6-7,9H,3-5H2,1-2H3/t6-,7-/m1/s1. The van der Waals surface area contributed by atoms with Gasteiger partial charge in [0, 0.05) is 25.1 Å². The summed E-state index contributed by atoms with van der Waals surface area (Å²) in [5.74, 6) is 0. The number of alkyl halides is 1. The van der Waals surface area contributed by atoms with Crippen molar-refractivity contribution in [1.82, 2.24) is 9.03 Å². The maximum absolute atomic E-state index is 11.5. The summed E-state index contributed by atoms with van der Waals surface area (Å²) in [5.41, 5.74) is 0. The Balaban J connectivity index is 2.60. The van der Waals surface area contributed by atoms with Crippen LogP contribution in [0.2, 0.25) is 0 Å². The second kappa shape index (κ2) is 5.06. The molecule has 84 valence electrons. The molecule has 1 aliphatic heterocycles. The number of nitrogens with one attached hydrogen (secondary N) is 1. The highest BCUT2D eigenvalue weighted by atomic mass is 127. The summed E-state index contributed by atoms with van der Waals surface area (Å²) in [7, 11) is -0.302. The third-order valence-electron chi connectivity index (χ3n) is 2.14. The van der Waals surface area contributed by atoms with Crippen LogP contribution in [0.25, 0.3) is 0 Å². The summed E-state index contributed by atoms with van der Waals surface area (Å²) >= 11 is 2.20. The van der Waals surface area contributed by atoms with Crippen LogP contribution in [-0.4, -0.2) is 50.0 Å². The van der Waals surface area contributed by atoms with E-state index < -0.39 is 10.2 Å². The fraction of sp³-hybridized carbons (Fsp3) is 1.00. The highest BCUT2D eigenvalue weighted by Crippen LogP contribution is 2.16. The van der Waals surface area contributed by atoms with Gasteiger partial charge in [0.15, 0.2) is 0 Å². The summed E-state index contributed by atoms with van der Waals surface area (Å²) in [6.07, 6.45) is 0.756. The SMILES string of the molecule is CN(C)S(=O)(=O)N[C@@H]1CCO[C@@H]1CI. The third kappa shape index (κ3) is 3.02. The Labute approximate surface area is 98.5 Å². The maximum atomic E-state index is 11.5. The molecule has 1 rings (SSSR count). The van der Waals surface area contributed by atoms with Crippen molar-refractivity contribution in [2.24, 2.45) is 0 Å². The van der Waals surface area contributed by atoms with E-state index in [1.807, 2.05) is 0 Å². The second-order valence-corrected chi connectivity index (χ2v) is 6.16. The number of nitrogens with zero attached hydrogens (tertiary/aromatic N) is 1. The van der Waals surface area contributed by atoms with Crippen LogP contribution in [0.3, 0.4) is 0 Å². The fourth-order valence-corrected chi connectivity index (χ4v) is 2.96. The van der Waals surface area contributed by atoms with E-state index in [4.69, 9.17) is 4.74 Å². The molecule has 0 aromatic carbocycles. The van der Waals surface area contributed by atoms with Gasteiger partial charge in [-0.15, -0.1) is 0 Å². The van der Waals surface area contributed by atoms with Crippen molar-refractivity contribution in [2.75, 3.05) is 25.1 Å². The molecule has 0 saturated carbocycles. The van der Waals surface area contributed by atoms with Gasteiger partial charge >= 0.3 is 0 Å². The van der Waals surface area contributed by atoms with Crippen molar-refractivity contribution in [3.8, 4) is 0 Å². The molecule has 0 radical (unpaired) electrons. The second-order valence-electron chi connectivity index (χ2n) is 3.36. The van der Waals surface area contributed by atoms with E-state index in [0.29, 0.717) is 6.61 Å². The first kappa shape index (κ1) is 12.6. The van der Waals surface area contributed by atoms with Crippen molar-refractivity contribution in [1.29, 1.82) is 0 Å². The van der Waals surface area contributed by atoms with E-state index in [1.165, 1.54) is 18.4 Å². The molecule has 0 aromatic heterocycles. The molecule has 1 saturated heterocycles. The van der Waals surface area contributed by atoms with Crippen molar-refractivity contribution in [3.05, 3.63) is 0 Å². The minimum atomic E-state index is -3.32. The van der Waals surface area contributed by atoms with E-state index in [9.17, 15) is 8.42 Å². The third-order valence-corrected chi connectivity index (χ3v) is 4.57. The Morgan fingerprint density at radius 2 is 2.21 bits per heavy atom. The van der Waals surface area contributed by atoms with Crippen LogP contribution in [0.4, 0.5) is 0 Å². The molecule has 14 heavy (non-hydrogen) atoms. The van der Waals surface area contributed by atoms with Crippen LogP contribution in [-0.2, 0) is 14.9 Å². The van der Waals surface area contributed by atoms with Gasteiger partial charge in [-0.05, 0) is 6.42 Å². The monoisotopic (exact) mass is 334 g/mol. The normalized spacial score (nSPS) is 28.6. The molecule has 0 unspecified atom stereocenters. The van der Waals surface area contributed by atoms with Crippen molar-refractivity contribution >= 4 is 32.8 Å². The van der Waals surface area contributed by atoms with E-state index in [0.717, 1.165) is 10.8 Å². The van der Waals surface area contributed by atoms with Crippen LogP contribution in [0.5, 0.6) is 0 Å². The first-order valence-electron chi connectivity index (χ1n) is 4.34. The van der Waals surface area contributed by atoms with Crippen LogP contribution in [0.15, 0.2) is 0 Å². The van der Waals surface area contributed by atoms with Gasteiger partial charge in [-0.25, -0.2) is 0 Å².